The summed E-state index contributed by atoms with van der Waals surface area (Å²) in [4.78, 5) is 12.9. The van der Waals surface area contributed by atoms with Gasteiger partial charge in [0.25, 0.3) is 5.95 Å². The summed E-state index contributed by atoms with van der Waals surface area (Å²) in [5.41, 5.74) is 3.44. The molecule has 0 aromatic rings. The predicted molar refractivity (Wildman–Crippen MR) is 97.1 cm³/mol. The van der Waals surface area contributed by atoms with Crippen LogP contribution in [0, 0.1) is 17.3 Å². The molecule has 0 saturated heterocycles. The second kappa shape index (κ2) is 6.62. The van der Waals surface area contributed by atoms with Crippen molar-refractivity contribution in [1.82, 2.24) is 0 Å². The first-order valence-electron chi connectivity index (χ1n) is 8.68. The van der Waals surface area contributed by atoms with E-state index in [1.54, 1.807) is 14.0 Å². The fourth-order valence-corrected chi connectivity index (χ4v) is 3.93. The normalized spacial score (nSPS) is 28.0. The molecule has 2 unspecified atom stereocenters. The van der Waals surface area contributed by atoms with E-state index in [9.17, 15) is 4.79 Å². The van der Waals surface area contributed by atoms with E-state index in [0.29, 0.717) is 17.4 Å². The minimum Gasteiger partial charge on any atom is -0.468 e. The van der Waals surface area contributed by atoms with Crippen LogP contribution in [0.25, 0.3) is 0 Å². The van der Waals surface area contributed by atoms with E-state index < -0.39 is 5.41 Å². The van der Waals surface area contributed by atoms with E-state index in [2.05, 4.69) is 46.8 Å². The fraction of sp³-hybridized carbons (Fsp3) is 0.571. The van der Waals surface area contributed by atoms with Gasteiger partial charge in [-0.1, -0.05) is 37.1 Å². The molecule has 2 rings (SSSR count). The second-order valence-electron chi connectivity index (χ2n) is 7.66. The lowest BCUT2D eigenvalue weighted by atomic mass is 9.68. The molecule has 0 spiro atoms. The first kappa shape index (κ1) is 18.6. The van der Waals surface area contributed by atoms with Crippen molar-refractivity contribution in [3.8, 4) is 0 Å². The Balaban J connectivity index is 2.53. The number of hydrogen-bond donors (Lipinski definition) is 0. The van der Waals surface area contributed by atoms with Crippen LogP contribution in [0.5, 0.6) is 0 Å². The second-order valence-corrected chi connectivity index (χ2v) is 7.66. The summed E-state index contributed by atoms with van der Waals surface area (Å²) in [6.07, 6.45) is 5.44. The molecule has 132 valence electrons. The van der Waals surface area contributed by atoms with Gasteiger partial charge in [-0.15, -0.1) is 0 Å². The number of fused-ring (bicyclic) bond motifs is 1. The molecule has 3 nitrogen and oxygen atoms in total. The SMILES string of the molecule is COC1=C(C)C(=O)C2(C)C=C(C)C(C(C)=CCC(C)C)C(C)=C2O1. The largest absolute Gasteiger partial charge is 0.468 e. The number of ketones is 1. The Morgan fingerprint density at radius 3 is 2.54 bits per heavy atom. The van der Waals surface area contributed by atoms with Crippen LogP contribution in [0.4, 0.5) is 0 Å². The highest BCUT2D eigenvalue weighted by Crippen LogP contribution is 2.49. The number of allylic oxidation sites excluding steroid dienone is 6. The summed E-state index contributed by atoms with van der Waals surface area (Å²) >= 11 is 0. The lowest BCUT2D eigenvalue weighted by Crippen LogP contribution is -2.39. The van der Waals surface area contributed by atoms with E-state index in [-0.39, 0.29) is 11.7 Å². The molecule has 0 saturated carbocycles. The molecule has 0 aromatic heterocycles. The van der Waals surface area contributed by atoms with Crippen molar-refractivity contribution < 1.29 is 14.3 Å². The van der Waals surface area contributed by atoms with Gasteiger partial charge in [0.05, 0.1) is 12.7 Å². The topological polar surface area (TPSA) is 35.5 Å². The summed E-state index contributed by atoms with van der Waals surface area (Å²) in [7, 11) is 1.54. The van der Waals surface area contributed by atoms with Crippen molar-refractivity contribution in [3.05, 3.63) is 46.1 Å². The van der Waals surface area contributed by atoms with Crippen molar-refractivity contribution in [2.75, 3.05) is 7.11 Å². The lowest BCUT2D eigenvalue weighted by molar-refractivity contribution is -0.125. The van der Waals surface area contributed by atoms with Crippen LogP contribution >= 0.6 is 0 Å². The van der Waals surface area contributed by atoms with Gasteiger partial charge in [-0.3, -0.25) is 4.79 Å². The summed E-state index contributed by atoms with van der Waals surface area (Å²) in [6, 6.07) is 0. The van der Waals surface area contributed by atoms with Gasteiger partial charge in [-0.05, 0) is 52.5 Å². The van der Waals surface area contributed by atoms with Gasteiger partial charge < -0.3 is 9.47 Å². The molecule has 0 amide bonds. The van der Waals surface area contributed by atoms with Gasteiger partial charge >= 0.3 is 0 Å². The average molecular weight is 330 g/mol. The Bertz CT molecular complexity index is 673. The third-order valence-corrected chi connectivity index (χ3v) is 5.10. The molecule has 24 heavy (non-hydrogen) atoms. The Kier molecular flexibility index (Phi) is 5.12. The van der Waals surface area contributed by atoms with E-state index in [0.717, 1.165) is 17.8 Å². The molecule has 3 heteroatoms. The number of ether oxygens (including phenoxy) is 2. The Labute approximate surface area is 146 Å². The number of carbonyl (C=O) groups excluding carboxylic acids is 1. The van der Waals surface area contributed by atoms with Crippen molar-refractivity contribution in [1.29, 1.82) is 0 Å². The van der Waals surface area contributed by atoms with Gasteiger partial charge in [0.15, 0.2) is 5.78 Å². The number of Topliss-reactive ketones (excluding diaryl/α,β-unsaturated/α-hetero) is 1. The molecule has 0 radical (unpaired) electrons. The zero-order valence-corrected chi connectivity index (χ0v) is 16.2. The molecular weight excluding hydrogens is 300 g/mol. The molecule has 0 aromatic carbocycles. The fourth-order valence-electron chi connectivity index (χ4n) is 3.93. The molecule has 2 atom stereocenters. The predicted octanol–water partition coefficient (Wildman–Crippen LogP) is 5.31. The van der Waals surface area contributed by atoms with Crippen molar-refractivity contribution in [3.63, 3.8) is 0 Å². The maximum atomic E-state index is 12.9. The number of carbonyl (C=O) groups is 1. The third kappa shape index (κ3) is 2.97. The summed E-state index contributed by atoms with van der Waals surface area (Å²) in [5.74, 6) is 1.92. The van der Waals surface area contributed by atoms with E-state index in [1.807, 2.05) is 6.92 Å². The average Bonchev–Trinajstić information content (AvgIpc) is 2.50. The van der Waals surface area contributed by atoms with Gasteiger partial charge in [0.2, 0.25) is 0 Å². The first-order chi connectivity index (χ1) is 11.1. The Morgan fingerprint density at radius 2 is 2.00 bits per heavy atom. The van der Waals surface area contributed by atoms with E-state index in [4.69, 9.17) is 9.47 Å². The van der Waals surface area contributed by atoms with Crippen LogP contribution < -0.4 is 0 Å². The standard InChI is InChI=1S/C21H30O3/c1-12(2)9-10-13(3)17-14(4)11-21(7)18(22)16(6)20(23-8)24-19(21)15(17)5/h10-12,17H,9H2,1-8H3. The highest BCUT2D eigenvalue weighted by atomic mass is 16.7. The highest BCUT2D eigenvalue weighted by molar-refractivity contribution is 6.04. The molecule has 0 N–H and O–H groups in total. The summed E-state index contributed by atoms with van der Waals surface area (Å²) < 4.78 is 11.3. The smallest absolute Gasteiger partial charge is 0.290 e. The monoisotopic (exact) mass is 330 g/mol. The quantitative estimate of drug-likeness (QED) is 0.655. The number of hydrogen-bond acceptors (Lipinski definition) is 3. The van der Waals surface area contributed by atoms with Gasteiger partial charge in [0, 0.05) is 5.92 Å². The van der Waals surface area contributed by atoms with Crippen LogP contribution in [-0.2, 0) is 14.3 Å². The number of methoxy groups -OCH3 is 1. The number of rotatable bonds is 4. The highest BCUT2D eigenvalue weighted by Gasteiger charge is 2.48. The Hall–Kier alpha value is -1.77. The van der Waals surface area contributed by atoms with Crippen LogP contribution in [0.15, 0.2) is 46.1 Å². The Morgan fingerprint density at radius 1 is 1.38 bits per heavy atom. The van der Waals surface area contributed by atoms with E-state index in [1.165, 1.54) is 11.1 Å². The van der Waals surface area contributed by atoms with Gasteiger partial charge in [0.1, 0.15) is 11.2 Å². The molecule has 0 bridgehead atoms. The molecule has 2 aliphatic rings. The zero-order chi connectivity index (χ0) is 18.2. The third-order valence-electron chi connectivity index (χ3n) is 5.10. The van der Waals surface area contributed by atoms with Crippen molar-refractivity contribution in [2.24, 2.45) is 17.3 Å². The van der Waals surface area contributed by atoms with E-state index >= 15 is 0 Å². The summed E-state index contributed by atoms with van der Waals surface area (Å²) in [5, 5.41) is 0. The molecule has 0 fully saturated rings. The minimum atomic E-state index is -0.727. The van der Waals surface area contributed by atoms with Crippen LogP contribution in [0.3, 0.4) is 0 Å². The van der Waals surface area contributed by atoms with Crippen molar-refractivity contribution in [2.45, 2.75) is 54.9 Å². The lowest BCUT2D eigenvalue weighted by Gasteiger charge is -2.40. The van der Waals surface area contributed by atoms with Crippen LogP contribution in [0.2, 0.25) is 0 Å². The van der Waals surface area contributed by atoms with Gasteiger partial charge in [-0.2, -0.15) is 0 Å². The maximum absolute atomic E-state index is 12.9. The van der Waals surface area contributed by atoms with Crippen molar-refractivity contribution >= 4 is 5.78 Å². The molecule has 1 aliphatic carbocycles. The minimum absolute atomic E-state index is 0.0570. The molecule has 1 aliphatic heterocycles. The summed E-state index contributed by atoms with van der Waals surface area (Å²) in [6.45, 7) is 14.5. The van der Waals surface area contributed by atoms with Crippen LogP contribution in [0.1, 0.15) is 54.9 Å². The van der Waals surface area contributed by atoms with Gasteiger partial charge in [-0.25, -0.2) is 0 Å². The molecule has 1 heterocycles. The van der Waals surface area contributed by atoms with Crippen LogP contribution in [-0.4, -0.2) is 12.9 Å². The molecular formula is C21H30O3. The first-order valence-corrected chi connectivity index (χ1v) is 8.68. The zero-order valence-electron chi connectivity index (χ0n) is 16.2. The maximum Gasteiger partial charge on any atom is 0.290 e.